The average molecular weight is 689 g/mol. The number of amides is 2. The van der Waals surface area contributed by atoms with E-state index in [1.165, 1.54) is 11.1 Å². The van der Waals surface area contributed by atoms with Gasteiger partial charge >= 0.3 is 7.12 Å². The molecule has 4 atom stereocenters. The molecule has 1 aliphatic carbocycles. The molecule has 0 aromatic heterocycles. The van der Waals surface area contributed by atoms with Crippen LogP contribution in [0.3, 0.4) is 0 Å². The number of likely N-dealkylation sites (tertiary alicyclic amines) is 2. The van der Waals surface area contributed by atoms with E-state index < -0.39 is 25.1 Å². The molecule has 2 N–H and O–H groups in total. The number of imide groups is 1. The zero-order chi connectivity index (χ0) is 35.3. The lowest BCUT2D eigenvalue weighted by molar-refractivity contribution is -0.144. The molecule has 8 nitrogen and oxygen atoms in total. The number of ether oxygens (including phenoxy) is 1. The van der Waals surface area contributed by atoms with Crippen LogP contribution >= 0.6 is 0 Å². The SMILES string of the molecule is CCC/C(=C\c1ccccc1O)CC[C@H]1OB(O)C[C@H]2C1=C(COc1ccccc1)C[C@H]1C(=O)N(C3CCN(Cc4ccccc4)CC3)C(=O)[C@H]12. The maximum Gasteiger partial charge on any atom is 0.455 e. The van der Waals surface area contributed by atoms with Gasteiger partial charge in [-0.25, -0.2) is 0 Å². The third kappa shape index (κ3) is 7.86. The van der Waals surface area contributed by atoms with E-state index in [1.807, 2.05) is 54.6 Å². The molecule has 3 heterocycles. The van der Waals surface area contributed by atoms with Crippen LogP contribution in [0.1, 0.15) is 63.0 Å². The number of hydrogen-bond acceptors (Lipinski definition) is 7. The number of fused-ring (bicyclic) bond motifs is 3. The zero-order valence-corrected chi connectivity index (χ0v) is 29.5. The molecule has 2 amide bonds. The highest BCUT2D eigenvalue weighted by atomic mass is 16.5. The number of aromatic hydroxyl groups is 1. The summed E-state index contributed by atoms with van der Waals surface area (Å²) in [4.78, 5) is 32.7. The Morgan fingerprint density at radius 3 is 2.35 bits per heavy atom. The number of carbonyl (C=O) groups excluding carboxylic acids is 2. The number of carbonyl (C=O) groups is 2. The molecule has 51 heavy (non-hydrogen) atoms. The topological polar surface area (TPSA) is 99.5 Å². The third-order valence-electron chi connectivity index (χ3n) is 11.3. The smallest absolute Gasteiger partial charge is 0.455 e. The highest BCUT2D eigenvalue weighted by Gasteiger charge is 2.58. The molecule has 0 bridgehead atoms. The van der Waals surface area contributed by atoms with Gasteiger partial charge < -0.3 is 19.5 Å². The first-order chi connectivity index (χ1) is 24.9. The van der Waals surface area contributed by atoms with Gasteiger partial charge in [0.15, 0.2) is 0 Å². The first kappa shape index (κ1) is 35.2. The molecule has 3 saturated heterocycles. The Morgan fingerprint density at radius 1 is 0.922 bits per heavy atom. The summed E-state index contributed by atoms with van der Waals surface area (Å²) in [5, 5.41) is 21.6. The minimum Gasteiger partial charge on any atom is -0.507 e. The van der Waals surface area contributed by atoms with Crippen LogP contribution in [0.15, 0.2) is 102 Å². The van der Waals surface area contributed by atoms with Crippen molar-refractivity contribution in [3.63, 3.8) is 0 Å². The second-order valence-electron chi connectivity index (χ2n) is 14.6. The van der Waals surface area contributed by atoms with Crippen molar-refractivity contribution < 1.29 is 29.1 Å². The number of allylic oxidation sites excluding steroid dienone is 1. The molecular weight excluding hydrogens is 639 g/mol. The lowest BCUT2D eigenvalue weighted by Crippen LogP contribution is -2.48. The first-order valence-corrected chi connectivity index (χ1v) is 18.7. The summed E-state index contributed by atoms with van der Waals surface area (Å²) in [7, 11) is -1.03. The van der Waals surface area contributed by atoms with Crippen LogP contribution < -0.4 is 4.74 Å². The van der Waals surface area contributed by atoms with Crippen molar-refractivity contribution in [1.82, 2.24) is 9.80 Å². The highest BCUT2D eigenvalue weighted by molar-refractivity contribution is 6.43. The van der Waals surface area contributed by atoms with E-state index >= 15 is 0 Å². The molecule has 7 rings (SSSR count). The Labute approximate surface area is 301 Å². The normalized spacial score (nSPS) is 24.5. The average Bonchev–Trinajstić information content (AvgIpc) is 3.40. The number of para-hydroxylation sites is 2. The number of benzene rings is 3. The van der Waals surface area contributed by atoms with Gasteiger partial charge in [-0.2, -0.15) is 0 Å². The van der Waals surface area contributed by atoms with Gasteiger partial charge in [-0.1, -0.05) is 91.7 Å². The van der Waals surface area contributed by atoms with Gasteiger partial charge in [0, 0.05) is 31.2 Å². The van der Waals surface area contributed by atoms with Gasteiger partial charge in [-0.3, -0.25) is 19.4 Å². The van der Waals surface area contributed by atoms with E-state index in [-0.39, 0.29) is 35.8 Å². The van der Waals surface area contributed by atoms with E-state index in [4.69, 9.17) is 9.39 Å². The highest BCUT2D eigenvalue weighted by Crippen LogP contribution is 2.51. The Bertz CT molecular complexity index is 1740. The molecular formula is C42H49BN2O6. The Morgan fingerprint density at radius 2 is 1.63 bits per heavy atom. The fourth-order valence-electron chi connectivity index (χ4n) is 8.88. The molecule has 9 heteroatoms. The minimum atomic E-state index is -1.03. The number of phenolic OH excluding ortho intramolecular Hbond substituents is 1. The van der Waals surface area contributed by atoms with E-state index in [0.29, 0.717) is 25.9 Å². The standard InChI is InChI=1S/C42H49BN2O6/c1-2-11-29(24-31-14-9-10-17-37(31)46)18-19-38-39-32(28-50-34-15-7-4-8-16-34)25-35-40(36(39)26-43(49)51-38)42(48)45(41(35)47)33-20-22-44(23-21-33)27-30-12-5-3-6-13-30/h3-10,12-17,24,33,35-36,38,40,46,49H,2,11,18-23,25-28H2,1H3/b29-24+/t35-,36+,38-,40-/m1/s1. The van der Waals surface area contributed by atoms with E-state index in [9.17, 15) is 19.7 Å². The largest absolute Gasteiger partial charge is 0.507 e. The van der Waals surface area contributed by atoms with Crippen LogP contribution in [0.4, 0.5) is 0 Å². The van der Waals surface area contributed by atoms with Crippen molar-refractivity contribution in [1.29, 1.82) is 0 Å². The molecule has 0 radical (unpaired) electrons. The van der Waals surface area contributed by atoms with Crippen molar-refractivity contribution in [2.24, 2.45) is 17.8 Å². The van der Waals surface area contributed by atoms with Crippen molar-refractivity contribution >= 4 is 25.0 Å². The van der Waals surface area contributed by atoms with Gasteiger partial charge in [0.2, 0.25) is 11.8 Å². The summed E-state index contributed by atoms with van der Waals surface area (Å²) < 4.78 is 12.6. The number of phenols is 1. The molecule has 0 unspecified atom stereocenters. The van der Waals surface area contributed by atoms with E-state index in [0.717, 1.165) is 67.8 Å². The lowest BCUT2D eigenvalue weighted by Gasteiger charge is -2.43. The molecule has 4 aliphatic rings. The van der Waals surface area contributed by atoms with Gasteiger partial charge in [0.1, 0.15) is 18.1 Å². The third-order valence-corrected chi connectivity index (χ3v) is 11.3. The molecule has 3 fully saturated rings. The minimum absolute atomic E-state index is 0.0730. The number of rotatable bonds is 12. The molecule has 266 valence electrons. The zero-order valence-electron chi connectivity index (χ0n) is 29.5. The first-order valence-electron chi connectivity index (χ1n) is 18.7. The van der Waals surface area contributed by atoms with Crippen molar-refractivity contribution in [3.05, 3.63) is 113 Å². The van der Waals surface area contributed by atoms with E-state index in [1.54, 1.807) is 11.0 Å². The predicted octanol–water partition coefficient (Wildman–Crippen LogP) is 6.90. The summed E-state index contributed by atoms with van der Waals surface area (Å²) in [5.41, 5.74) is 5.26. The summed E-state index contributed by atoms with van der Waals surface area (Å²) >= 11 is 0. The molecule has 0 saturated carbocycles. The van der Waals surface area contributed by atoms with Crippen LogP contribution in [-0.2, 0) is 20.8 Å². The Balaban J connectivity index is 1.13. The number of hydrogen-bond donors (Lipinski definition) is 2. The molecule has 3 aromatic rings. The van der Waals surface area contributed by atoms with Crippen LogP contribution in [0.5, 0.6) is 11.5 Å². The Kier molecular flexibility index (Phi) is 11.1. The second-order valence-corrected chi connectivity index (χ2v) is 14.6. The maximum absolute atomic E-state index is 14.4. The molecule has 3 aromatic carbocycles. The quantitative estimate of drug-likeness (QED) is 0.121. The molecule has 3 aliphatic heterocycles. The number of piperidine rings is 1. The predicted molar refractivity (Wildman–Crippen MR) is 199 cm³/mol. The monoisotopic (exact) mass is 688 g/mol. The maximum atomic E-state index is 14.4. The summed E-state index contributed by atoms with van der Waals surface area (Å²) in [6.07, 6.45) is 7.02. The van der Waals surface area contributed by atoms with E-state index in [2.05, 4.69) is 42.2 Å². The fourth-order valence-corrected chi connectivity index (χ4v) is 8.88. The van der Waals surface area contributed by atoms with Crippen LogP contribution in [0.25, 0.3) is 6.08 Å². The van der Waals surface area contributed by atoms with Gasteiger partial charge in [0.05, 0.1) is 17.9 Å². The van der Waals surface area contributed by atoms with Crippen molar-refractivity contribution in [2.75, 3.05) is 19.7 Å². The summed E-state index contributed by atoms with van der Waals surface area (Å²) in [5.74, 6) is -0.455. The van der Waals surface area contributed by atoms with Gasteiger partial charge in [-0.15, -0.1) is 0 Å². The summed E-state index contributed by atoms with van der Waals surface area (Å²) in [6, 6.07) is 27.3. The van der Waals surface area contributed by atoms with Crippen LogP contribution in [-0.4, -0.2) is 70.7 Å². The van der Waals surface area contributed by atoms with Crippen LogP contribution in [0.2, 0.25) is 6.32 Å². The molecule has 0 spiro atoms. The summed E-state index contributed by atoms with van der Waals surface area (Å²) in [6.45, 7) is 4.96. The number of nitrogens with zero attached hydrogens (tertiary/aromatic N) is 2. The van der Waals surface area contributed by atoms with Crippen molar-refractivity contribution in [3.8, 4) is 11.5 Å². The van der Waals surface area contributed by atoms with Crippen LogP contribution in [0, 0.1) is 17.8 Å². The van der Waals surface area contributed by atoms with Crippen molar-refractivity contribution in [2.45, 2.75) is 76.9 Å². The fraction of sp³-hybridized carbons (Fsp3) is 0.429. The Hall–Kier alpha value is -4.18. The lowest BCUT2D eigenvalue weighted by atomic mass is 9.58. The van der Waals surface area contributed by atoms with Gasteiger partial charge in [0.25, 0.3) is 0 Å². The van der Waals surface area contributed by atoms with Gasteiger partial charge in [-0.05, 0) is 85.7 Å². The second kappa shape index (κ2) is 16.0.